The number of phosphoric acid groups is 2. The maximum atomic E-state index is 14.2. The number of phosphoric ester groups is 2. The number of halogens is 2. The number of aromatic nitrogens is 2. The lowest BCUT2D eigenvalue weighted by Gasteiger charge is -2.23. The zero-order chi connectivity index (χ0) is 40.8. The Morgan fingerprint density at radius 2 is 1.30 bits per heavy atom. The summed E-state index contributed by atoms with van der Waals surface area (Å²) in [7, 11) is -8.52. The second kappa shape index (κ2) is 21.9. The van der Waals surface area contributed by atoms with Crippen molar-refractivity contribution in [2.45, 2.75) is 158 Å². The van der Waals surface area contributed by atoms with Crippen LogP contribution in [0.5, 0.6) is 0 Å². The van der Waals surface area contributed by atoms with E-state index in [1.54, 1.807) is 34.0 Å². The molecule has 2 unspecified atom stereocenters. The summed E-state index contributed by atoms with van der Waals surface area (Å²) in [4.78, 5) is 24.5. The third kappa shape index (κ3) is 14.8. The third-order valence-electron chi connectivity index (χ3n) is 8.53. The van der Waals surface area contributed by atoms with Crippen LogP contribution >= 0.6 is 15.6 Å². The molecule has 2 aliphatic heterocycles. The van der Waals surface area contributed by atoms with Crippen molar-refractivity contribution in [1.82, 2.24) is 9.55 Å². The molecular formula is C39H64F2N2O12P2. The highest BCUT2D eigenvalue weighted by Crippen LogP contribution is 2.51. The van der Waals surface area contributed by atoms with Crippen LogP contribution < -0.4 is 0 Å². The molecule has 18 heteroatoms. The van der Waals surface area contributed by atoms with Crippen molar-refractivity contribution in [2.75, 3.05) is 13.2 Å². The minimum atomic E-state index is -4.32. The molecule has 2 fully saturated rings. The van der Waals surface area contributed by atoms with Crippen LogP contribution in [-0.4, -0.2) is 81.4 Å². The molecule has 326 valence electrons. The van der Waals surface area contributed by atoms with E-state index in [2.05, 4.69) is 4.98 Å². The molecular weight excluding hydrogens is 788 g/mol. The number of para-hydroxylation sites is 1. The summed E-state index contributed by atoms with van der Waals surface area (Å²) >= 11 is 0. The van der Waals surface area contributed by atoms with Crippen molar-refractivity contribution >= 4 is 26.7 Å². The van der Waals surface area contributed by atoms with E-state index >= 15 is 0 Å². The van der Waals surface area contributed by atoms with Gasteiger partial charge in [0, 0.05) is 24.5 Å². The van der Waals surface area contributed by atoms with Gasteiger partial charge in [0.15, 0.2) is 0 Å². The number of benzene rings is 2. The van der Waals surface area contributed by atoms with Crippen LogP contribution in [0.4, 0.5) is 8.78 Å². The molecule has 5 rings (SSSR count). The molecule has 2 saturated heterocycles. The number of fused-ring (bicyclic) bond motifs is 1. The third-order valence-corrected chi connectivity index (χ3v) is 11.0. The summed E-state index contributed by atoms with van der Waals surface area (Å²) < 4.78 is 98.2. The Bertz CT molecular complexity index is 1810. The predicted octanol–water partition coefficient (Wildman–Crippen LogP) is 9.68. The molecule has 2 aromatic carbocycles. The molecule has 1 aromatic heterocycles. The molecule has 14 nitrogen and oxygen atoms in total. The molecule has 3 heterocycles. The van der Waals surface area contributed by atoms with Gasteiger partial charge >= 0.3 is 15.6 Å². The van der Waals surface area contributed by atoms with Crippen molar-refractivity contribution in [1.29, 1.82) is 0 Å². The molecule has 0 amide bonds. The number of aryl methyl sites for hydroxylation is 2. The molecule has 57 heavy (non-hydrogen) atoms. The predicted molar refractivity (Wildman–Crippen MR) is 214 cm³/mol. The van der Waals surface area contributed by atoms with E-state index in [1.165, 1.54) is 13.0 Å². The van der Waals surface area contributed by atoms with E-state index in [9.17, 15) is 27.7 Å². The van der Waals surface area contributed by atoms with E-state index in [0.717, 1.165) is 22.7 Å². The van der Waals surface area contributed by atoms with Gasteiger partial charge in [-0.25, -0.2) is 22.9 Å². The number of nitrogens with zero attached hydrogens (tertiary/aromatic N) is 2. The van der Waals surface area contributed by atoms with Crippen molar-refractivity contribution in [3.05, 3.63) is 65.0 Å². The van der Waals surface area contributed by atoms with Gasteiger partial charge in [-0.05, 0) is 92.5 Å². The molecule has 0 aliphatic carbocycles. The summed E-state index contributed by atoms with van der Waals surface area (Å²) in [6, 6.07) is 8.13. The lowest BCUT2D eigenvalue weighted by Crippen LogP contribution is -2.30. The SMILES string of the molecule is C.C.Cc1cc([C@H]2C[C@H](OP(=O)(O)OC(C)C)[C@@H](COC(C)C)O2)c(F)cc1F.Cc1cccc2c1ncn2[C@H]1C[C@H](OP(=O)(O)OC(C)C)[C@@H](COC(C)C)O1. The van der Waals surface area contributed by atoms with Gasteiger partial charge in [0.25, 0.3) is 0 Å². The van der Waals surface area contributed by atoms with Crippen LogP contribution in [0.15, 0.2) is 36.7 Å². The summed E-state index contributed by atoms with van der Waals surface area (Å²) in [5.74, 6) is -1.38. The summed E-state index contributed by atoms with van der Waals surface area (Å²) in [6.45, 7) is 18.0. The smallest absolute Gasteiger partial charge is 0.376 e. The lowest BCUT2D eigenvalue weighted by molar-refractivity contribution is -0.0731. The highest BCUT2D eigenvalue weighted by Gasteiger charge is 2.44. The van der Waals surface area contributed by atoms with Crippen LogP contribution in [0.2, 0.25) is 0 Å². The lowest BCUT2D eigenvalue weighted by atomic mass is 10.0. The molecule has 0 spiro atoms. The number of imidazole rings is 1. The van der Waals surface area contributed by atoms with Crippen molar-refractivity contribution in [3.63, 3.8) is 0 Å². The van der Waals surface area contributed by atoms with Crippen molar-refractivity contribution in [2.24, 2.45) is 0 Å². The topological polar surface area (TPSA) is 166 Å². The second-order valence-electron chi connectivity index (χ2n) is 14.8. The maximum Gasteiger partial charge on any atom is 0.472 e. The Labute approximate surface area is 336 Å². The normalized spacial score (nSPS) is 24.3. The van der Waals surface area contributed by atoms with Gasteiger partial charge in [0.05, 0.1) is 61.1 Å². The van der Waals surface area contributed by atoms with Crippen LogP contribution in [-0.2, 0) is 46.2 Å². The number of rotatable bonds is 16. The van der Waals surface area contributed by atoms with E-state index in [1.807, 2.05) is 57.4 Å². The zero-order valence-corrected chi connectivity index (χ0v) is 34.9. The first-order chi connectivity index (χ1) is 25.6. The van der Waals surface area contributed by atoms with Crippen molar-refractivity contribution < 1.29 is 64.7 Å². The Balaban J connectivity index is 0.000000380. The molecule has 3 aromatic rings. The monoisotopic (exact) mass is 852 g/mol. The maximum absolute atomic E-state index is 14.2. The number of hydrogen-bond donors (Lipinski definition) is 2. The van der Waals surface area contributed by atoms with E-state index in [4.69, 9.17) is 37.0 Å². The fourth-order valence-corrected chi connectivity index (χ4v) is 8.46. The Morgan fingerprint density at radius 1 is 0.772 bits per heavy atom. The van der Waals surface area contributed by atoms with Crippen LogP contribution in [0.25, 0.3) is 11.0 Å². The molecule has 0 bridgehead atoms. The van der Waals surface area contributed by atoms with E-state index < -0.39 is 70.0 Å². The highest BCUT2D eigenvalue weighted by molar-refractivity contribution is 7.47. The second-order valence-corrected chi connectivity index (χ2v) is 17.5. The van der Waals surface area contributed by atoms with Gasteiger partial charge in [-0.2, -0.15) is 0 Å². The minimum Gasteiger partial charge on any atom is -0.376 e. The standard InChI is InChI=1S/C19H29N2O6P.C18H27F2O6P.2CH4/c1-12(2)24-10-17-16(27-28(22,23)26-13(3)4)9-18(25-17)21-11-20-19-14(5)7-6-8-15(19)21;1-10(2)23-9-18-17(26-27(21,22)25-11(3)4)8-16(24-18)13-6-12(5)14(19)7-15(13)20;;/h6-8,11-13,16-18H,9-10H2,1-5H3,(H,22,23);6-7,10-11,16-18H,8-9H2,1-5H3,(H,21,22);2*1H4/t16-,17+,18+;16-,17+,18-;;/m01../s1. The fraction of sp³-hybridized carbons (Fsp3) is 0.667. The Hall–Kier alpha value is -2.17. The average Bonchev–Trinajstić information content (AvgIpc) is 3.76. The summed E-state index contributed by atoms with van der Waals surface area (Å²) in [5.41, 5.74) is 3.38. The molecule has 2 aliphatic rings. The van der Waals surface area contributed by atoms with E-state index in [-0.39, 0.29) is 64.1 Å². The van der Waals surface area contributed by atoms with Gasteiger partial charge < -0.3 is 33.3 Å². The molecule has 2 N–H and O–H groups in total. The van der Waals surface area contributed by atoms with E-state index in [0.29, 0.717) is 6.42 Å². The Morgan fingerprint density at radius 3 is 1.82 bits per heavy atom. The molecule has 0 saturated carbocycles. The summed E-state index contributed by atoms with van der Waals surface area (Å²) in [5, 5.41) is 0. The quantitative estimate of drug-likeness (QED) is 0.131. The minimum absolute atomic E-state index is 0. The Kier molecular flexibility index (Phi) is 19.6. The highest BCUT2D eigenvalue weighted by atomic mass is 31.2. The van der Waals surface area contributed by atoms with Crippen LogP contribution in [0, 0.1) is 25.5 Å². The van der Waals surface area contributed by atoms with Gasteiger partial charge in [-0.15, -0.1) is 0 Å². The van der Waals surface area contributed by atoms with Crippen molar-refractivity contribution in [3.8, 4) is 0 Å². The van der Waals surface area contributed by atoms with Gasteiger partial charge in [0.1, 0.15) is 42.3 Å². The fourth-order valence-electron chi connectivity index (χ4n) is 6.16. The molecule has 8 atom stereocenters. The van der Waals surface area contributed by atoms with Crippen LogP contribution in [0.3, 0.4) is 0 Å². The van der Waals surface area contributed by atoms with Gasteiger partial charge in [-0.3, -0.25) is 18.1 Å². The van der Waals surface area contributed by atoms with Gasteiger partial charge in [-0.1, -0.05) is 27.0 Å². The summed E-state index contributed by atoms with van der Waals surface area (Å²) in [6.07, 6.45) is -2.60. The first kappa shape index (κ1) is 51.0. The molecule has 0 radical (unpaired) electrons. The average molecular weight is 853 g/mol. The largest absolute Gasteiger partial charge is 0.472 e. The first-order valence-corrected chi connectivity index (χ1v) is 21.4. The first-order valence-electron chi connectivity index (χ1n) is 18.5. The zero-order valence-electron chi connectivity index (χ0n) is 33.1. The van der Waals surface area contributed by atoms with Gasteiger partial charge in [0.2, 0.25) is 0 Å². The number of hydrogen-bond acceptors (Lipinski definition) is 11. The number of ether oxygens (including phenoxy) is 4. The van der Waals surface area contributed by atoms with Crippen LogP contribution in [0.1, 0.15) is 112 Å².